The van der Waals surface area contributed by atoms with Gasteiger partial charge >= 0.3 is 0 Å². The molecule has 0 saturated heterocycles. The Labute approximate surface area is 136 Å². The Morgan fingerprint density at radius 1 is 1.30 bits per heavy atom. The van der Waals surface area contributed by atoms with Gasteiger partial charge in [-0.25, -0.2) is 0 Å². The number of carbonyl (C=O) groups excluding carboxylic acids is 2. The molecule has 4 nitrogen and oxygen atoms in total. The molecule has 1 amide bonds. The fourth-order valence-corrected chi connectivity index (χ4v) is 4.57. The van der Waals surface area contributed by atoms with E-state index < -0.39 is 5.60 Å². The van der Waals surface area contributed by atoms with E-state index >= 15 is 0 Å². The van der Waals surface area contributed by atoms with E-state index in [0.717, 1.165) is 12.8 Å². The average Bonchev–Trinajstić information content (AvgIpc) is 3.10. The van der Waals surface area contributed by atoms with Crippen LogP contribution in [0.4, 0.5) is 0 Å². The summed E-state index contributed by atoms with van der Waals surface area (Å²) in [7, 11) is 0. The topological polar surface area (TPSA) is 55.4 Å². The number of benzene rings is 1. The number of fused-ring (bicyclic) bond motifs is 3. The SMILES string of the molecule is CC(C)(C)NC(=O)[C@H]1[C@H]2CC[C@@]3(CC(=O)c4ccccc4O3)[C@@H]21. The molecular weight excluding hydrogens is 290 g/mol. The number of hydrogen-bond acceptors (Lipinski definition) is 3. The van der Waals surface area contributed by atoms with E-state index in [-0.39, 0.29) is 29.1 Å². The van der Waals surface area contributed by atoms with E-state index in [4.69, 9.17) is 4.74 Å². The Morgan fingerprint density at radius 3 is 2.78 bits per heavy atom. The summed E-state index contributed by atoms with van der Waals surface area (Å²) in [4.78, 5) is 25.1. The van der Waals surface area contributed by atoms with Crippen LogP contribution < -0.4 is 10.1 Å². The first-order valence-corrected chi connectivity index (χ1v) is 8.44. The second-order valence-corrected chi connectivity index (χ2v) is 8.26. The number of ketones is 1. The van der Waals surface area contributed by atoms with Crippen molar-refractivity contribution >= 4 is 11.7 Å². The van der Waals surface area contributed by atoms with Crippen molar-refractivity contribution in [3.8, 4) is 5.75 Å². The van der Waals surface area contributed by atoms with Crippen molar-refractivity contribution in [2.75, 3.05) is 0 Å². The minimum atomic E-state index is -0.462. The predicted molar refractivity (Wildman–Crippen MR) is 86.3 cm³/mol. The molecule has 1 aromatic carbocycles. The maximum Gasteiger partial charge on any atom is 0.224 e. The van der Waals surface area contributed by atoms with Gasteiger partial charge in [0.2, 0.25) is 5.91 Å². The summed E-state index contributed by atoms with van der Waals surface area (Å²) in [5.74, 6) is 1.50. The monoisotopic (exact) mass is 313 g/mol. The van der Waals surface area contributed by atoms with Crippen molar-refractivity contribution < 1.29 is 14.3 Å². The van der Waals surface area contributed by atoms with Crippen LogP contribution in [-0.4, -0.2) is 22.8 Å². The van der Waals surface area contributed by atoms with Crippen LogP contribution in [0.3, 0.4) is 0 Å². The third-order valence-corrected chi connectivity index (χ3v) is 5.44. The molecule has 3 aliphatic rings. The lowest BCUT2D eigenvalue weighted by Crippen LogP contribution is -2.46. The zero-order valence-electron chi connectivity index (χ0n) is 13.9. The second kappa shape index (κ2) is 4.59. The smallest absolute Gasteiger partial charge is 0.224 e. The average molecular weight is 313 g/mol. The van der Waals surface area contributed by atoms with Crippen molar-refractivity contribution in [1.82, 2.24) is 5.32 Å². The van der Waals surface area contributed by atoms with Gasteiger partial charge in [0.05, 0.1) is 12.0 Å². The summed E-state index contributed by atoms with van der Waals surface area (Å²) in [6.45, 7) is 5.99. The number of carbonyl (C=O) groups is 2. The number of rotatable bonds is 1. The number of hydrogen-bond donors (Lipinski definition) is 1. The quantitative estimate of drug-likeness (QED) is 0.867. The Morgan fingerprint density at radius 2 is 2.04 bits per heavy atom. The van der Waals surface area contributed by atoms with Crippen LogP contribution in [0.15, 0.2) is 24.3 Å². The molecule has 23 heavy (non-hydrogen) atoms. The van der Waals surface area contributed by atoms with E-state index in [0.29, 0.717) is 23.7 Å². The molecule has 2 aliphatic carbocycles. The second-order valence-electron chi connectivity index (χ2n) is 8.26. The molecule has 4 atom stereocenters. The van der Waals surface area contributed by atoms with Crippen LogP contribution in [-0.2, 0) is 4.79 Å². The Hall–Kier alpha value is -1.84. The zero-order chi connectivity index (χ0) is 16.4. The van der Waals surface area contributed by atoms with E-state index in [1.807, 2.05) is 45.0 Å². The number of para-hydroxylation sites is 1. The van der Waals surface area contributed by atoms with Gasteiger partial charge in [0.15, 0.2) is 5.78 Å². The Bertz CT molecular complexity index is 690. The fraction of sp³-hybridized carbons (Fsp3) is 0.579. The lowest BCUT2D eigenvalue weighted by atomic mass is 9.84. The molecule has 2 fully saturated rings. The molecular formula is C19H23NO3. The van der Waals surface area contributed by atoms with Gasteiger partial charge < -0.3 is 10.1 Å². The van der Waals surface area contributed by atoms with Gasteiger partial charge in [0, 0.05) is 17.4 Å². The third-order valence-electron chi connectivity index (χ3n) is 5.44. The standard InChI is InChI=1S/C19H23NO3/c1-18(2,3)20-17(22)15-12-8-9-19(16(12)15)10-13(21)11-6-4-5-7-14(11)23-19/h4-7,12,15-16H,8-10H2,1-3H3,(H,20,22)/t12-,15+,16+,19-/m1/s1. The summed E-state index contributed by atoms with van der Waals surface area (Å²) < 4.78 is 6.31. The van der Waals surface area contributed by atoms with E-state index in [1.165, 1.54) is 0 Å². The van der Waals surface area contributed by atoms with Crippen molar-refractivity contribution in [2.45, 2.75) is 51.2 Å². The fourth-order valence-electron chi connectivity index (χ4n) is 4.57. The lowest BCUT2D eigenvalue weighted by molar-refractivity contribution is -0.125. The minimum Gasteiger partial charge on any atom is -0.486 e. The predicted octanol–water partition coefficient (Wildman–Crippen LogP) is 2.96. The van der Waals surface area contributed by atoms with Gasteiger partial charge in [-0.2, -0.15) is 0 Å². The highest BCUT2D eigenvalue weighted by molar-refractivity contribution is 6.00. The van der Waals surface area contributed by atoms with Gasteiger partial charge in [-0.05, 0) is 51.7 Å². The van der Waals surface area contributed by atoms with Gasteiger partial charge in [0.1, 0.15) is 11.4 Å². The zero-order valence-corrected chi connectivity index (χ0v) is 13.9. The first-order valence-electron chi connectivity index (χ1n) is 8.44. The molecule has 1 spiro atoms. The maximum atomic E-state index is 12.5. The summed E-state index contributed by atoms with van der Waals surface area (Å²) in [6, 6.07) is 7.46. The summed E-state index contributed by atoms with van der Waals surface area (Å²) in [5, 5.41) is 3.08. The first kappa shape index (κ1) is 14.7. The summed E-state index contributed by atoms with van der Waals surface area (Å²) in [6.07, 6.45) is 2.26. The van der Waals surface area contributed by atoms with Crippen LogP contribution in [0.25, 0.3) is 0 Å². The highest BCUT2D eigenvalue weighted by Crippen LogP contribution is 2.65. The normalized spacial score (nSPS) is 34.6. The van der Waals surface area contributed by atoms with Crippen LogP contribution in [0, 0.1) is 17.8 Å². The first-order chi connectivity index (χ1) is 10.8. The largest absolute Gasteiger partial charge is 0.486 e. The molecule has 0 radical (unpaired) electrons. The Balaban J connectivity index is 1.58. The number of ether oxygens (including phenoxy) is 1. The number of Topliss-reactive ketones (excluding diaryl/α,β-unsaturated/α-hetero) is 1. The number of nitrogens with one attached hydrogen (secondary N) is 1. The lowest BCUT2D eigenvalue weighted by Gasteiger charge is -2.37. The van der Waals surface area contributed by atoms with Gasteiger partial charge in [-0.1, -0.05) is 12.1 Å². The molecule has 0 unspecified atom stereocenters. The molecule has 1 aromatic rings. The number of amides is 1. The van der Waals surface area contributed by atoms with Crippen molar-refractivity contribution in [1.29, 1.82) is 0 Å². The van der Waals surface area contributed by atoms with Gasteiger partial charge in [0.25, 0.3) is 0 Å². The van der Waals surface area contributed by atoms with Crippen molar-refractivity contribution in [2.24, 2.45) is 17.8 Å². The molecule has 0 bridgehead atoms. The molecule has 122 valence electrons. The van der Waals surface area contributed by atoms with Crippen LogP contribution in [0.5, 0.6) is 5.75 Å². The highest BCUT2D eigenvalue weighted by Gasteiger charge is 2.70. The van der Waals surface area contributed by atoms with E-state index in [1.54, 1.807) is 0 Å². The molecule has 2 saturated carbocycles. The molecule has 1 N–H and O–H groups in total. The molecule has 4 rings (SSSR count). The molecule has 0 aromatic heterocycles. The van der Waals surface area contributed by atoms with Crippen LogP contribution in [0.1, 0.15) is 50.4 Å². The Kier molecular flexibility index (Phi) is 2.94. The molecule has 1 heterocycles. The van der Waals surface area contributed by atoms with E-state index in [9.17, 15) is 9.59 Å². The summed E-state index contributed by atoms with van der Waals surface area (Å²) in [5.41, 5.74) is -0.00890. The third kappa shape index (κ3) is 2.27. The van der Waals surface area contributed by atoms with Crippen LogP contribution >= 0.6 is 0 Å². The van der Waals surface area contributed by atoms with Gasteiger partial charge in [-0.3, -0.25) is 9.59 Å². The minimum absolute atomic E-state index is 0.000960. The van der Waals surface area contributed by atoms with Gasteiger partial charge in [-0.15, -0.1) is 0 Å². The van der Waals surface area contributed by atoms with Crippen molar-refractivity contribution in [3.05, 3.63) is 29.8 Å². The van der Waals surface area contributed by atoms with Crippen LogP contribution in [0.2, 0.25) is 0 Å². The summed E-state index contributed by atoms with van der Waals surface area (Å²) >= 11 is 0. The van der Waals surface area contributed by atoms with Crippen molar-refractivity contribution in [3.63, 3.8) is 0 Å². The highest BCUT2D eigenvalue weighted by atomic mass is 16.5. The molecule has 4 heteroatoms. The molecule has 1 aliphatic heterocycles. The van der Waals surface area contributed by atoms with E-state index in [2.05, 4.69) is 5.32 Å². The maximum absolute atomic E-state index is 12.5.